The van der Waals surface area contributed by atoms with Gasteiger partial charge in [0.05, 0.1) is 0 Å². The molecule has 0 aliphatic carbocycles. The molecule has 0 radical (unpaired) electrons. The Morgan fingerprint density at radius 1 is 0.583 bits per heavy atom. The monoisotopic (exact) mass is 490 g/mol. The number of nitrogen functional groups attached to an aromatic ring is 1. The summed E-state index contributed by atoms with van der Waals surface area (Å²) in [7, 11) is 0. The van der Waals surface area contributed by atoms with Crippen LogP contribution in [0.1, 0.15) is 141 Å². The summed E-state index contributed by atoms with van der Waals surface area (Å²) < 4.78 is 0. The maximum absolute atomic E-state index is 6.40. The number of H-pyrrole nitrogens is 1. The molecule has 0 bridgehead atoms. The summed E-state index contributed by atoms with van der Waals surface area (Å²) >= 11 is 0. The highest BCUT2D eigenvalue weighted by molar-refractivity contribution is 6.10. The van der Waals surface area contributed by atoms with Crippen molar-refractivity contribution in [1.29, 1.82) is 0 Å². The maximum Gasteiger partial charge on any atom is 0.0499 e. The summed E-state index contributed by atoms with van der Waals surface area (Å²) in [6.45, 7) is 4.58. The van der Waals surface area contributed by atoms with Gasteiger partial charge < -0.3 is 10.7 Å². The Kier molecular flexibility index (Phi) is 13.3. The Hall–Kier alpha value is -1.96. The van der Waals surface area contributed by atoms with Crippen LogP contribution in [0.25, 0.3) is 21.8 Å². The van der Waals surface area contributed by atoms with Crippen molar-refractivity contribution in [3.63, 3.8) is 0 Å². The Morgan fingerprint density at radius 2 is 1.08 bits per heavy atom. The molecule has 0 spiro atoms. The standard InChI is InChI=1S/C34H54N2/c1-3-5-7-9-10-11-12-13-14-15-16-17-18-20-23-29-26-30(35)27-31-33-28(22-19-8-6-4-2)24-21-25-32(33)36-34(29)31/h21,24-27,36H,3-20,22-23,35H2,1-2H3. The fourth-order valence-corrected chi connectivity index (χ4v) is 5.89. The first-order chi connectivity index (χ1) is 17.7. The van der Waals surface area contributed by atoms with E-state index >= 15 is 0 Å². The lowest BCUT2D eigenvalue weighted by Crippen LogP contribution is -1.93. The molecule has 1 heterocycles. The number of hydrogen-bond acceptors (Lipinski definition) is 1. The summed E-state index contributed by atoms with van der Waals surface area (Å²) in [5.74, 6) is 0. The Bertz CT molecular complexity index is 999. The molecule has 0 saturated carbocycles. The number of rotatable bonds is 20. The molecule has 0 unspecified atom stereocenters. The van der Waals surface area contributed by atoms with Crippen LogP contribution in [0.15, 0.2) is 30.3 Å². The average Bonchev–Trinajstić information content (AvgIpc) is 3.26. The number of unbranched alkanes of at least 4 members (excludes halogenated alkanes) is 16. The molecule has 2 nitrogen and oxygen atoms in total. The van der Waals surface area contributed by atoms with E-state index in [0.717, 1.165) is 18.5 Å². The van der Waals surface area contributed by atoms with Gasteiger partial charge in [-0.15, -0.1) is 0 Å². The summed E-state index contributed by atoms with van der Waals surface area (Å²) in [6.07, 6.45) is 27.2. The molecular weight excluding hydrogens is 436 g/mol. The number of benzene rings is 2. The van der Waals surface area contributed by atoms with E-state index in [9.17, 15) is 0 Å². The van der Waals surface area contributed by atoms with E-state index < -0.39 is 0 Å². The van der Waals surface area contributed by atoms with Crippen molar-refractivity contribution in [2.75, 3.05) is 5.73 Å². The molecule has 3 rings (SSSR count). The van der Waals surface area contributed by atoms with Gasteiger partial charge in [-0.05, 0) is 55.0 Å². The van der Waals surface area contributed by atoms with Crippen LogP contribution in [0.3, 0.4) is 0 Å². The first-order valence-electron chi connectivity index (χ1n) is 15.6. The SMILES string of the molecule is CCCCCCCCCCCCCCCCc1cc(N)cc2c1[nH]c1cccc(CCCCCC)c12. The molecule has 0 aliphatic rings. The summed E-state index contributed by atoms with van der Waals surface area (Å²) in [5, 5.41) is 2.73. The molecule has 2 aromatic carbocycles. The second kappa shape index (κ2) is 16.7. The predicted octanol–water partition coefficient (Wildman–Crippen LogP) is 11.0. The molecule has 0 fully saturated rings. The lowest BCUT2D eigenvalue weighted by molar-refractivity contribution is 0.535. The van der Waals surface area contributed by atoms with Gasteiger partial charge >= 0.3 is 0 Å². The van der Waals surface area contributed by atoms with E-state index in [-0.39, 0.29) is 0 Å². The van der Waals surface area contributed by atoms with Gasteiger partial charge in [0, 0.05) is 27.5 Å². The number of nitrogens with one attached hydrogen (secondary N) is 1. The normalized spacial score (nSPS) is 11.7. The smallest absolute Gasteiger partial charge is 0.0499 e. The number of hydrogen-bond donors (Lipinski definition) is 2. The zero-order valence-corrected chi connectivity index (χ0v) is 23.6. The van der Waals surface area contributed by atoms with Crippen LogP contribution in [-0.2, 0) is 12.8 Å². The fourth-order valence-electron chi connectivity index (χ4n) is 5.89. The zero-order chi connectivity index (χ0) is 25.4. The summed E-state index contributed by atoms with van der Waals surface area (Å²) in [5.41, 5.74) is 12.8. The second-order valence-corrected chi connectivity index (χ2v) is 11.2. The van der Waals surface area contributed by atoms with Gasteiger partial charge in [-0.3, -0.25) is 0 Å². The van der Waals surface area contributed by atoms with E-state index in [1.807, 2.05) is 0 Å². The topological polar surface area (TPSA) is 41.8 Å². The first-order valence-corrected chi connectivity index (χ1v) is 15.6. The van der Waals surface area contributed by atoms with E-state index in [1.165, 1.54) is 149 Å². The fraction of sp³-hybridized carbons (Fsp3) is 0.647. The van der Waals surface area contributed by atoms with Gasteiger partial charge in [0.1, 0.15) is 0 Å². The third kappa shape index (κ3) is 9.16. The zero-order valence-electron chi connectivity index (χ0n) is 23.6. The third-order valence-corrected chi connectivity index (χ3v) is 8.02. The van der Waals surface area contributed by atoms with E-state index in [2.05, 4.69) is 49.2 Å². The number of fused-ring (bicyclic) bond motifs is 3. The van der Waals surface area contributed by atoms with E-state index in [0.29, 0.717) is 0 Å². The van der Waals surface area contributed by atoms with Gasteiger partial charge in [0.2, 0.25) is 0 Å². The van der Waals surface area contributed by atoms with Crippen molar-refractivity contribution in [3.05, 3.63) is 41.5 Å². The highest BCUT2D eigenvalue weighted by Gasteiger charge is 2.12. The van der Waals surface area contributed by atoms with Crippen LogP contribution < -0.4 is 5.73 Å². The number of aryl methyl sites for hydroxylation is 2. The Morgan fingerprint density at radius 3 is 1.67 bits per heavy atom. The molecule has 36 heavy (non-hydrogen) atoms. The summed E-state index contributed by atoms with van der Waals surface area (Å²) in [4.78, 5) is 3.76. The van der Waals surface area contributed by atoms with Crippen LogP contribution in [0.5, 0.6) is 0 Å². The molecular formula is C34H54N2. The van der Waals surface area contributed by atoms with Crippen LogP contribution in [-0.4, -0.2) is 4.98 Å². The molecule has 0 saturated heterocycles. The van der Waals surface area contributed by atoms with Gasteiger partial charge in [-0.1, -0.05) is 129 Å². The number of anilines is 1. The molecule has 1 aromatic heterocycles. The maximum atomic E-state index is 6.40. The van der Waals surface area contributed by atoms with Gasteiger partial charge in [-0.25, -0.2) is 0 Å². The van der Waals surface area contributed by atoms with Crippen LogP contribution in [0, 0.1) is 0 Å². The van der Waals surface area contributed by atoms with Crippen molar-refractivity contribution in [2.45, 2.75) is 142 Å². The summed E-state index contributed by atoms with van der Waals surface area (Å²) in [6, 6.07) is 11.2. The minimum atomic E-state index is 0.907. The number of aromatic amines is 1. The number of aromatic nitrogens is 1. The third-order valence-electron chi connectivity index (χ3n) is 8.02. The average molecular weight is 491 g/mol. The quantitative estimate of drug-likeness (QED) is 0.120. The molecule has 0 amide bonds. The van der Waals surface area contributed by atoms with Crippen LogP contribution in [0.4, 0.5) is 5.69 Å². The first kappa shape index (κ1) is 28.6. The highest BCUT2D eigenvalue weighted by Crippen LogP contribution is 2.33. The molecule has 3 N–H and O–H groups in total. The predicted molar refractivity (Wildman–Crippen MR) is 162 cm³/mol. The van der Waals surface area contributed by atoms with Crippen molar-refractivity contribution < 1.29 is 0 Å². The lowest BCUT2D eigenvalue weighted by Gasteiger charge is -2.07. The lowest BCUT2D eigenvalue weighted by atomic mass is 9.98. The minimum absolute atomic E-state index is 0.907. The van der Waals surface area contributed by atoms with Crippen molar-refractivity contribution in [1.82, 2.24) is 4.98 Å². The van der Waals surface area contributed by atoms with E-state index in [4.69, 9.17) is 5.73 Å². The van der Waals surface area contributed by atoms with Gasteiger partial charge in [0.15, 0.2) is 0 Å². The minimum Gasteiger partial charge on any atom is -0.399 e. The second-order valence-electron chi connectivity index (χ2n) is 11.2. The molecule has 2 heteroatoms. The van der Waals surface area contributed by atoms with Crippen molar-refractivity contribution >= 4 is 27.5 Å². The van der Waals surface area contributed by atoms with E-state index in [1.54, 1.807) is 0 Å². The molecule has 3 aromatic rings. The number of nitrogens with two attached hydrogens (primary N) is 1. The van der Waals surface area contributed by atoms with Crippen LogP contribution in [0.2, 0.25) is 0 Å². The van der Waals surface area contributed by atoms with Crippen molar-refractivity contribution in [2.24, 2.45) is 0 Å². The van der Waals surface area contributed by atoms with Crippen LogP contribution >= 0.6 is 0 Å². The largest absolute Gasteiger partial charge is 0.399 e. The molecule has 0 atom stereocenters. The van der Waals surface area contributed by atoms with Crippen molar-refractivity contribution in [3.8, 4) is 0 Å². The molecule has 0 aliphatic heterocycles. The Balaban J connectivity index is 1.42. The highest BCUT2D eigenvalue weighted by atomic mass is 14.7. The van der Waals surface area contributed by atoms with Gasteiger partial charge in [0.25, 0.3) is 0 Å². The van der Waals surface area contributed by atoms with Gasteiger partial charge in [-0.2, -0.15) is 0 Å². The Labute approximate surface area is 221 Å². The molecule has 200 valence electrons.